The summed E-state index contributed by atoms with van der Waals surface area (Å²) in [7, 11) is 0. The molecule has 3 heterocycles. The van der Waals surface area contributed by atoms with E-state index < -0.39 is 6.09 Å². The average molecular weight is 352 g/mol. The summed E-state index contributed by atoms with van der Waals surface area (Å²) in [6.07, 6.45) is 3.04. The molecule has 0 bridgehead atoms. The van der Waals surface area contributed by atoms with Crippen LogP contribution in [0.25, 0.3) is 11.3 Å². The Hall–Kier alpha value is -2.76. The third-order valence-corrected chi connectivity index (χ3v) is 4.69. The highest BCUT2D eigenvalue weighted by Crippen LogP contribution is 2.31. The maximum absolute atomic E-state index is 12.2. The van der Waals surface area contributed by atoms with E-state index >= 15 is 0 Å². The van der Waals surface area contributed by atoms with Crippen LogP contribution in [0.5, 0.6) is 0 Å². The molecule has 6 nitrogen and oxygen atoms in total. The normalized spacial score (nSPS) is 16.3. The van der Waals surface area contributed by atoms with Crippen molar-refractivity contribution in [1.29, 1.82) is 5.41 Å². The van der Waals surface area contributed by atoms with E-state index in [2.05, 4.69) is 24.9 Å². The molecule has 0 aliphatic carbocycles. The molecule has 0 spiro atoms. The molecule has 2 aromatic rings. The molecular formula is C20H24N4O2. The van der Waals surface area contributed by atoms with Crippen LogP contribution >= 0.6 is 0 Å². The molecule has 1 unspecified atom stereocenters. The van der Waals surface area contributed by atoms with E-state index in [0.717, 1.165) is 35.5 Å². The highest BCUT2D eigenvalue weighted by molar-refractivity contribution is 6.06. The Bertz CT molecular complexity index is 834. The van der Waals surface area contributed by atoms with Crippen molar-refractivity contribution in [3.63, 3.8) is 0 Å². The van der Waals surface area contributed by atoms with Crippen LogP contribution in [-0.4, -0.2) is 39.9 Å². The van der Waals surface area contributed by atoms with E-state index in [9.17, 15) is 4.79 Å². The van der Waals surface area contributed by atoms with Gasteiger partial charge in [0.25, 0.3) is 0 Å². The van der Waals surface area contributed by atoms with Crippen LogP contribution in [0.15, 0.2) is 30.5 Å². The molecule has 0 saturated carbocycles. The molecule has 6 heteroatoms. The van der Waals surface area contributed by atoms with Gasteiger partial charge in [0.15, 0.2) is 0 Å². The monoisotopic (exact) mass is 352 g/mol. The Balaban J connectivity index is 2.00. The number of pyridine rings is 2. The number of hydrogen-bond donors (Lipinski definition) is 1. The summed E-state index contributed by atoms with van der Waals surface area (Å²) in [6.45, 7) is 6.64. The molecule has 0 radical (unpaired) electrons. The van der Waals surface area contributed by atoms with Gasteiger partial charge in [-0.2, -0.15) is 0 Å². The topological polar surface area (TPSA) is 79.2 Å². The van der Waals surface area contributed by atoms with Gasteiger partial charge < -0.3 is 4.74 Å². The molecule has 1 aliphatic heterocycles. The lowest BCUT2D eigenvalue weighted by molar-refractivity contribution is 0.125. The minimum atomic E-state index is -0.465. The van der Waals surface area contributed by atoms with Crippen molar-refractivity contribution >= 4 is 11.9 Å². The maximum atomic E-state index is 12.2. The van der Waals surface area contributed by atoms with Gasteiger partial charge in [-0.25, -0.2) is 4.79 Å². The van der Waals surface area contributed by atoms with Gasteiger partial charge in [-0.15, -0.1) is 0 Å². The fraction of sp³-hybridized carbons (Fsp3) is 0.400. The number of rotatable bonds is 4. The second-order valence-electron chi connectivity index (χ2n) is 6.28. The van der Waals surface area contributed by atoms with Gasteiger partial charge in [-0.05, 0) is 44.0 Å². The molecule has 1 N–H and O–H groups in total. The van der Waals surface area contributed by atoms with Crippen molar-refractivity contribution in [2.24, 2.45) is 0 Å². The molecule has 26 heavy (non-hydrogen) atoms. The van der Waals surface area contributed by atoms with Gasteiger partial charge in [0.2, 0.25) is 0 Å². The number of amides is 1. The van der Waals surface area contributed by atoms with Gasteiger partial charge in [0, 0.05) is 35.5 Å². The third-order valence-electron chi connectivity index (χ3n) is 4.69. The number of aryl methyl sites for hydroxylation is 1. The Morgan fingerprint density at radius 3 is 2.81 bits per heavy atom. The molecule has 3 rings (SSSR count). The zero-order valence-electron chi connectivity index (χ0n) is 15.5. The Morgan fingerprint density at radius 1 is 1.31 bits per heavy atom. The smallest absolute Gasteiger partial charge is 0.415 e. The molecule has 0 saturated heterocycles. The molecule has 0 aromatic carbocycles. The lowest BCUT2D eigenvalue weighted by Gasteiger charge is -2.33. The largest absolute Gasteiger partial charge is 0.449 e. The number of amidine groups is 1. The van der Waals surface area contributed by atoms with E-state index in [4.69, 9.17) is 15.1 Å². The van der Waals surface area contributed by atoms with E-state index in [-0.39, 0.29) is 11.8 Å². The lowest BCUT2D eigenvalue weighted by atomic mass is 9.91. The standard InChI is InChI=1S/C20H24N4O2/c1-4-13-12-24(20(25)26-6-3)19(21)16-7-8-17(23-18(13)16)14-9-10-22-15(5-2)11-14/h7-11,13,21H,4-6,12H2,1-3H3. The molecule has 1 amide bonds. The zero-order chi connectivity index (χ0) is 18.7. The summed E-state index contributed by atoms with van der Waals surface area (Å²) < 4.78 is 5.10. The third kappa shape index (κ3) is 3.31. The summed E-state index contributed by atoms with van der Waals surface area (Å²) >= 11 is 0. The van der Waals surface area contributed by atoms with Crippen LogP contribution < -0.4 is 0 Å². The number of ether oxygens (including phenoxy) is 1. The lowest BCUT2D eigenvalue weighted by Crippen LogP contribution is -2.44. The van der Waals surface area contributed by atoms with Crippen molar-refractivity contribution in [3.05, 3.63) is 47.4 Å². The first-order valence-corrected chi connectivity index (χ1v) is 9.08. The first-order valence-electron chi connectivity index (χ1n) is 9.08. The predicted molar refractivity (Wildman–Crippen MR) is 100 cm³/mol. The molecule has 1 aliphatic rings. The van der Waals surface area contributed by atoms with Crippen LogP contribution in [0.3, 0.4) is 0 Å². The van der Waals surface area contributed by atoms with E-state index in [1.54, 1.807) is 13.1 Å². The highest BCUT2D eigenvalue weighted by Gasteiger charge is 2.33. The highest BCUT2D eigenvalue weighted by atomic mass is 16.6. The minimum Gasteiger partial charge on any atom is -0.449 e. The zero-order valence-corrected chi connectivity index (χ0v) is 15.5. The minimum absolute atomic E-state index is 0.0796. The molecule has 0 fully saturated rings. The van der Waals surface area contributed by atoms with Gasteiger partial charge in [0.05, 0.1) is 18.0 Å². The van der Waals surface area contributed by atoms with E-state index in [0.29, 0.717) is 18.7 Å². The summed E-state index contributed by atoms with van der Waals surface area (Å²) in [5.41, 5.74) is 4.50. The Morgan fingerprint density at radius 2 is 2.12 bits per heavy atom. The summed E-state index contributed by atoms with van der Waals surface area (Å²) in [6, 6.07) is 7.80. The van der Waals surface area contributed by atoms with Gasteiger partial charge in [0.1, 0.15) is 5.84 Å². The summed E-state index contributed by atoms with van der Waals surface area (Å²) in [4.78, 5) is 22.8. The number of carbonyl (C=O) groups excluding carboxylic acids is 1. The van der Waals surface area contributed by atoms with Crippen molar-refractivity contribution in [1.82, 2.24) is 14.9 Å². The number of nitrogens with one attached hydrogen (secondary N) is 1. The van der Waals surface area contributed by atoms with Crippen LogP contribution in [0.2, 0.25) is 0 Å². The number of fused-ring (bicyclic) bond motifs is 1. The second kappa shape index (κ2) is 7.64. The van der Waals surface area contributed by atoms with Gasteiger partial charge in [-0.3, -0.25) is 20.3 Å². The van der Waals surface area contributed by atoms with E-state index in [1.165, 1.54) is 4.90 Å². The average Bonchev–Trinajstić information content (AvgIpc) is 2.68. The quantitative estimate of drug-likeness (QED) is 0.902. The van der Waals surface area contributed by atoms with E-state index in [1.807, 2.05) is 18.2 Å². The van der Waals surface area contributed by atoms with Crippen LogP contribution in [0.1, 0.15) is 50.1 Å². The first kappa shape index (κ1) is 18.0. The number of hydrogen-bond acceptors (Lipinski definition) is 5. The second-order valence-corrected chi connectivity index (χ2v) is 6.28. The number of carbonyl (C=O) groups is 1. The van der Waals surface area contributed by atoms with Crippen molar-refractivity contribution in [2.45, 2.75) is 39.5 Å². The van der Waals surface area contributed by atoms with Crippen LogP contribution in [0.4, 0.5) is 4.79 Å². The Kier molecular flexibility index (Phi) is 5.30. The van der Waals surface area contributed by atoms with Gasteiger partial charge >= 0.3 is 6.09 Å². The number of nitrogens with zero attached hydrogens (tertiary/aromatic N) is 3. The van der Waals surface area contributed by atoms with Crippen LogP contribution in [-0.2, 0) is 11.2 Å². The fourth-order valence-electron chi connectivity index (χ4n) is 3.21. The Labute approximate surface area is 153 Å². The maximum Gasteiger partial charge on any atom is 0.415 e. The SMILES string of the molecule is CCOC(=O)N1CC(CC)c2nc(-c3ccnc(CC)c3)ccc2C1=N. The van der Waals surface area contributed by atoms with Gasteiger partial charge in [-0.1, -0.05) is 13.8 Å². The summed E-state index contributed by atoms with van der Waals surface area (Å²) in [5.74, 6) is 0.238. The molecule has 1 atom stereocenters. The predicted octanol–water partition coefficient (Wildman–Crippen LogP) is 4.00. The molecular weight excluding hydrogens is 328 g/mol. The summed E-state index contributed by atoms with van der Waals surface area (Å²) in [5, 5.41) is 8.42. The number of aromatic nitrogens is 2. The van der Waals surface area contributed by atoms with Crippen molar-refractivity contribution in [3.8, 4) is 11.3 Å². The van der Waals surface area contributed by atoms with Crippen molar-refractivity contribution in [2.75, 3.05) is 13.2 Å². The molecule has 136 valence electrons. The first-order chi connectivity index (χ1) is 12.6. The fourth-order valence-corrected chi connectivity index (χ4v) is 3.21. The van der Waals surface area contributed by atoms with Crippen LogP contribution in [0, 0.1) is 5.41 Å². The van der Waals surface area contributed by atoms with Crippen molar-refractivity contribution < 1.29 is 9.53 Å². The molecule has 2 aromatic heterocycles.